The maximum atomic E-state index is 9.91. The Labute approximate surface area is 134 Å². The first kappa shape index (κ1) is 17.2. The number of hydrogen-bond donors (Lipinski definition) is 2. The van der Waals surface area contributed by atoms with Crippen LogP contribution in [0.25, 0.3) is 0 Å². The number of aliphatic hydroxyl groups is 1. The van der Waals surface area contributed by atoms with Gasteiger partial charge in [-0.15, -0.1) is 0 Å². The normalized spacial score (nSPS) is 17.0. The van der Waals surface area contributed by atoms with Crippen molar-refractivity contribution in [1.82, 2.24) is 15.3 Å². The Balaban J connectivity index is 1.89. The Hall–Kier alpha value is -1.20. The SMILES string of the molecule is Cc1cc(CNCC(O)CC(C)C)nc(N2CCCCC2)n1. The van der Waals surface area contributed by atoms with Gasteiger partial charge in [-0.05, 0) is 44.6 Å². The highest BCUT2D eigenvalue weighted by Crippen LogP contribution is 2.16. The van der Waals surface area contributed by atoms with Crippen molar-refractivity contribution in [3.05, 3.63) is 17.5 Å². The van der Waals surface area contributed by atoms with Gasteiger partial charge in [-0.3, -0.25) is 0 Å². The predicted octanol–water partition coefficient (Wildman–Crippen LogP) is 2.27. The molecule has 2 N–H and O–H groups in total. The molecule has 0 radical (unpaired) electrons. The van der Waals surface area contributed by atoms with Gasteiger partial charge in [0, 0.05) is 31.9 Å². The van der Waals surface area contributed by atoms with E-state index in [9.17, 15) is 5.11 Å². The molecule has 0 aliphatic carbocycles. The average molecular weight is 306 g/mol. The molecule has 22 heavy (non-hydrogen) atoms. The molecule has 1 aliphatic rings. The Kier molecular flexibility index (Phi) is 6.58. The lowest BCUT2D eigenvalue weighted by atomic mass is 10.1. The van der Waals surface area contributed by atoms with Gasteiger partial charge in [0.05, 0.1) is 11.8 Å². The minimum Gasteiger partial charge on any atom is -0.392 e. The molecule has 1 saturated heterocycles. The van der Waals surface area contributed by atoms with Crippen molar-refractivity contribution in [3.63, 3.8) is 0 Å². The van der Waals surface area contributed by atoms with E-state index in [-0.39, 0.29) is 6.10 Å². The van der Waals surface area contributed by atoms with Crippen LogP contribution in [0.4, 0.5) is 5.95 Å². The van der Waals surface area contributed by atoms with Crippen LogP contribution in [0.1, 0.15) is 50.9 Å². The third-order valence-electron chi connectivity index (χ3n) is 3.96. The molecule has 2 heterocycles. The van der Waals surface area contributed by atoms with Crippen molar-refractivity contribution in [2.75, 3.05) is 24.5 Å². The van der Waals surface area contributed by atoms with Gasteiger partial charge in [-0.1, -0.05) is 13.8 Å². The highest BCUT2D eigenvalue weighted by molar-refractivity contribution is 5.32. The van der Waals surface area contributed by atoms with Gasteiger partial charge in [0.15, 0.2) is 0 Å². The number of rotatable bonds is 7. The van der Waals surface area contributed by atoms with E-state index in [0.29, 0.717) is 19.0 Å². The number of aliphatic hydroxyl groups excluding tert-OH is 1. The monoisotopic (exact) mass is 306 g/mol. The van der Waals surface area contributed by atoms with Crippen molar-refractivity contribution in [2.24, 2.45) is 5.92 Å². The molecular weight excluding hydrogens is 276 g/mol. The summed E-state index contributed by atoms with van der Waals surface area (Å²) in [6.45, 7) is 9.68. The van der Waals surface area contributed by atoms with E-state index in [1.165, 1.54) is 19.3 Å². The Morgan fingerprint density at radius 3 is 2.64 bits per heavy atom. The van der Waals surface area contributed by atoms with Crippen molar-refractivity contribution in [1.29, 1.82) is 0 Å². The number of aromatic nitrogens is 2. The first-order valence-corrected chi connectivity index (χ1v) is 8.53. The molecular formula is C17H30N4O. The quantitative estimate of drug-likeness (QED) is 0.809. The van der Waals surface area contributed by atoms with Crippen LogP contribution in [0.2, 0.25) is 0 Å². The summed E-state index contributed by atoms with van der Waals surface area (Å²) in [6, 6.07) is 2.02. The van der Waals surface area contributed by atoms with E-state index in [0.717, 1.165) is 36.8 Å². The molecule has 2 rings (SSSR count). The topological polar surface area (TPSA) is 61.3 Å². The molecule has 5 heteroatoms. The molecule has 0 spiro atoms. The van der Waals surface area contributed by atoms with Crippen LogP contribution in [-0.4, -0.2) is 40.8 Å². The molecule has 1 aromatic heterocycles. The number of piperidine rings is 1. The van der Waals surface area contributed by atoms with Crippen LogP contribution in [0.5, 0.6) is 0 Å². The van der Waals surface area contributed by atoms with Gasteiger partial charge in [-0.25, -0.2) is 9.97 Å². The summed E-state index contributed by atoms with van der Waals surface area (Å²) in [4.78, 5) is 11.5. The second-order valence-corrected chi connectivity index (χ2v) is 6.76. The van der Waals surface area contributed by atoms with Crippen molar-refractivity contribution < 1.29 is 5.11 Å². The van der Waals surface area contributed by atoms with Crippen LogP contribution in [-0.2, 0) is 6.54 Å². The minimum atomic E-state index is -0.288. The molecule has 5 nitrogen and oxygen atoms in total. The highest BCUT2D eigenvalue weighted by atomic mass is 16.3. The summed E-state index contributed by atoms with van der Waals surface area (Å²) < 4.78 is 0. The summed E-state index contributed by atoms with van der Waals surface area (Å²) in [5.41, 5.74) is 2.01. The lowest BCUT2D eigenvalue weighted by Crippen LogP contribution is -2.32. The maximum Gasteiger partial charge on any atom is 0.225 e. The standard InChI is InChI=1S/C17H30N4O/c1-13(2)9-16(22)12-18-11-15-10-14(3)19-17(20-15)21-7-5-4-6-8-21/h10,13,16,18,22H,4-9,11-12H2,1-3H3. The zero-order chi connectivity index (χ0) is 15.9. The van der Waals surface area contributed by atoms with Gasteiger partial charge in [0.1, 0.15) is 0 Å². The van der Waals surface area contributed by atoms with Crippen molar-refractivity contribution >= 4 is 5.95 Å². The first-order valence-electron chi connectivity index (χ1n) is 8.53. The molecule has 0 saturated carbocycles. The molecule has 1 unspecified atom stereocenters. The number of hydrogen-bond acceptors (Lipinski definition) is 5. The molecule has 0 amide bonds. The molecule has 1 aromatic rings. The fourth-order valence-corrected chi connectivity index (χ4v) is 2.94. The van der Waals surface area contributed by atoms with Gasteiger partial charge in [0.25, 0.3) is 0 Å². The summed E-state index contributed by atoms with van der Waals surface area (Å²) in [6.07, 6.45) is 4.31. The van der Waals surface area contributed by atoms with E-state index in [2.05, 4.69) is 34.0 Å². The van der Waals surface area contributed by atoms with Crippen LogP contribution in [0, 0.1) is 12.8 Å². The fourth-order valence-electron chi connectivity index (χ4n) is 2.94. The predicted molar refractivity (Wildman–Crippen MR) is 90.0 cm³/mol. The second kappa shape index (κ2) is 8.44. The van der Waals surface area contributed by atoms with E-state index >= 15 is 0 Å². The van der Waals surface area contributed by atoms with Gasteiger partial charge in [-0.2, -0.15) is 0 Å². The molecule has 1 aliphatic heterocycles. The number of aryl methyl sites for hydroxylation is 1. The van der Waals surface area contributed by atoms with E-state index in [4.69, 9.17) is 0 Å². The van der Waals surface area contributed by atoms with E-state index < -0.39 is 0 Å². The summed E-state index contributed by atoms with van der Waals surface area (Å²) in [5.74, 6) is 1.38. The summed E-state index contributed by atoms with van der Waals surface area (Å²) in [5, 5.41) is 13.2. The second-order valence-electron chi connectivity index (χ2n) is 6.76. The highest BCUT2D eigenvalue weighted by Gasteiger charge is 2.14. The van der Waals surface area contributed by atoms with Crippen molar-refractivity contribution in [3.8, 4) is 0 Å². The Bertz CT molecular complexity index is 458. The third-order valence-corrected chi connectivity index (χ3v) is 3.96. The summed E-state index contributed by atoms with van der Waals surface area (Å²) >= 11 is 0. The summed E-state index contributed by atoms with van der Waals surface area (Å²) in [7, 11) is 0. The van der Waals surface area contributed by atoms with Crippen LogP contribution in [0.3, 0.4) is 0 Å². The zero-order valence-corrected chi connectivity index (χ0v) is 14.2. The number of nitrogens with one attached hydrogen (secondary N) is 1. The fraction of sp³-hybridized carbons (Fsp3) is 0.765. The van der Waals surface area contributed by atoms with E-state index in [1.54, 1.807) is 0 Å². The first-order chi connectivity index (χ1) is 10.5. The van der Waals surface area contributed by atoms with E-state index in [1.807, 2.05) is 13.0 Å². The maximum absolute atomic E-state index is 9.91. The molecule has 1 fully saturated rings. The smallest absolute Gasteiger partial charge is 0.225 e. The number of nitrogens with zero attached hydrogens (tertiary/aromatic N) is 3. The molecule has 0 bridgehead atoms. The van der Waals surface area contributed by atoms with Gasteiger partial charge < -0.3 is 15.3 Å². The van der Waals surface area contributed by atoms with Crippen molar-refractivity contribution in [2.45, 2.75) is 59.1 Å². The largest absolute Gasteiger partial charge is 0.392 e. The number of anilines is 1. The van der Waals surface area contributed by atoms with Crippen LogP contribution < -0.4 is 10.2 Å². The van der Waals surface area contributed by atoms with Crippen LogP contribution in [0.15, 0.2) is 6.07 Å². The molecule has 124 valence electrons. The lowest BCUT2D eigenvalue weighted by Gasteiger charge is -2.27. The molecule has 1 atom stereocenters. The van der Waals surface area contributed by atoms with Gasteiger partial charge >= 0.3 is 0 Å². The third kappa shape index (κ3) is 5.54. The Morgan fingerprint density at radius 2 is 1.95 bits per heavy atom. The average Bonchev–Trinajstić information content (AvgIpc) is 2.47. The zero-order valence-electron chi connectivity index (χ0n) is 14.2. The lowest BCUT2D eigenvalue weighted by molar-refractivity contribution is 0.146. The Morgan fingerprint density at radius 1 is 1.23 bits per heavy atom. The molecule has 0 aromatic carbocycles. The van der Waals surface area contributed by atoms with Crippen LogP contribution >= 0.6 is 0 Å². The minimum absolute atomic E-state index is 0.288. The van der Waals surface area contributed by atoms with Gasteiger partial charge in [0.2, 0.25) is 5.95 Å².